The van der Waals surface area contributed by atoms with E-state index in [0.717, 1.165) is 0 Å². The van der Waals surface area contributed by atoms with Gasteiger partial charge in [0.25, 0.3) is 5.92 Å². The molecule has 0 unspecified atom stereocenters. The van der Waals surface area contributed by atoms with Crippen molar-refractivity contribution < 1.29 is 18.7 Å². The fourth-order valence-electron chi connectivity index (χ4n) is 3.69. The largest absolute Gasteiger partial charge is 0.476 e. The van der Waals surface area contributed by atoms with Gasteiger partial charge < -0.3 is 10.0 Å². The molecule has 1 N–H and O–H groups in total. The highest BCUT2D eigenvalue weighted by atomic mass is 35.5. The molecule has 3 aromatic rings. The highest BCUT2D eigenvalue weighted by Gasteiger charge is 2.36. The van der Waals surface area contributed by atoms with E-state index in [1.54, 1.807) is 47.4 Å². The Kier molecular flexibility index (Phi) is 5.09. The Hall–Kier alpha value is -2.44. The fourth-order valence-corrected chi connectivity index (χ4v) is 4.14. The first-order valence-corrected chi connectivity index (χ1v) is 9.77. The number of aromatic carboxylic acids is 1. The van der Waals surface area contributed by atoms with Crippen molar-refractivity contribution in [2.24, 2.45) is 0 Å². The summed E-state index contributed by atoms with van der Waals surface area (Å²) in [6.45, 7) is 0.157. The SMILES string of the molecule is O=C(O)c1nc2c(Cl)cccc2c(N2CCC(F)(F)CC2)c1-c1ccccc1Cl. The first-order chi connectivity index (χ1) is 13.8. The predicted molar refractivity (Wildman–Crippen MR) is 111 cm³/mol. The van der Waals surface area contributed by atoms with Gasteiger partial charge >= 0.3 is 5.97 Å². The predicted octanol–water partition coefficient (Wildman–Crippen LogP) is 6.14. The number of aromatic nitrogens is 1. The summed E-state index contributed by atoms with van der Waals surface area (Å²) >= 11 is 12.7. The molecule has 0 amide bonds. The molecular weight excluding hydrogens is 421 g/mol. The van der Waals surface area contributed by atoms with E-state index in [1.807, 2.05) is 0 Å². The fraction of sp³-hybridized carbons (Fsp3) is 0.238. The molecule has 2 aromatic carbocycles. The number of para-hydroxylation sites is 1. The van der Waals surface area contributed by atoms with E-state index >= 15 is 0 Å². The minimum atomic E-state index is -2.74. The van der Waals surface area contributed by atoms with E-state index in [2.05, 4.69) is 4.98 Å². The second kappa shape index (κ2) is 7.43. The molecule has 4 rings (SSSR count). The minimum Gasteiger partial charge on any atom is -0.476 e. The summed E-state index contributed by atoms with van der Waals surface area (Å²) in [5.41, 5.74) is 1.40. The Morgan fingerprint density at radius 2 is 1.69 bits per heavy atom. The van der Waals surface area contributed by atoms with Gasteiger partial charge in [-0.05, 0) is 12.1 Å². The highest BCUT2D eigenvalue weighted by Crippen LogP contribution is 2.44. The first-order valence-electron chi connectivity index (χ1n) is 9.02. The van der Waals surface area contributed by atoms with Gasteiger partial charge in [-0.2, -0.15) is 0 Å². The van der Waals surface area contributed by atoms with Crippen LogP contribution < -0.4 is 4.90 Å². The lowest BCUT2D eigenvalue weighted by Crippen LogP contribution is -2.40. The molecule has 8 heteroatoms. The molecule has 1 aliphatic rings. The number of pyridine rings is 1. The molecule has 150 valence electrons. The van der Waals surface area contributed by atoms with Crippen LogP contribution in [0.5, 0.6) is 0 Å². The zero-order valence-corrected chi connectivity index (χ0v) is 16.6. The van der Waals surface area contributed by atoms with Crippen LogP contribution in [0.15, 0.2) is 42.5 Å². The lowest BCUT2D eigenvalue weighted by Gasteiger charge is -2.35. The normalized spacial score (nSPS) is 16.2. The number of hydrogen-bond acceptors (Lipinski definition) is 3. The monoisotopic (exact) mass is 436 g/mol. The third-order valence-electron chi connectivity index (χ3n) is 5.10. The van der Waals surface area contributed by atoms with Crippen LogP contribution in [0.1, 0.15) is 23.3 Å². The molecule has 0 radical (unpaired) electrons. The van der Waals surface area contributed by atoms with Crippen LogP contribution in [0.25, 0.3) is 22.0 Å². The van der Waals surface area contributed by atoms with Gasteiger partial charge in [-0.25, -0.2) is 18.6 Å². The zero-order valence-electron chi connectivity index (χ0n) is 15.1. The third-order valence-corrected chi connectivity index (χ3v) is 5.73. The maximum atomic E-state index is 13.8. The third kappa shape index (κ3) is 3.63. The smallest absolute Gasteiger partial charge is 0.355 e. The number of carboxylic acid groups (broad SMARTS) is 1. The van der Waals surface area contributed by atoms with Crippen molar-refractivity contribution in [2.45, 2.75) is 18.8 Å². The molecule has 1 aromatic heterocycles. The van der Waals surface area contributed by atoms with Gasteiger partial charge in [0, 0.05) is 47.5 Å². The van der Waals surface area contributed by atoms with E-state index in [9.17, 15) is 18.7 Å². The van der Waals surface area contributed by atoms with Crippen molar-refractivity contribution >= 4 is 45.8 Å². The number of benzene rings is 2. The molecule has 1 saturated heterocycles. The van der Waals surface area contributed by atoms with Crippen molar-refractivity contribution in [3.8, 4) is 11.1 Å². The molecule has 4 nitrogen and oxygen atoms in total. The quantitative estimate of drug-likeness (QED) is 0.535. The van der Waals surface area contributed by atoms with Crippen LogP contribution in [0.2, 0.25) is 10.0 Å². The highest BCUT2D eigenvalue weighted by molar-refractivity contribution is 6.36. The van der Waals surface area contributed by atoms with Crippen LogP contribution in [-0.2, 0) is 0 Å². The standard InChI is InChI=1S/C21H16Cl2F2N2O2/c22-14-6-2-1-4-12(14)16-18(20(28)29)26-17-13(5-3-7-15(17)23)19(16)27-10-8-21(24,25)9-11-27/h1-7H,8-11H2,(H,28,29). The zero-order chi connectivity index (χ0) is 20.8. The van der Waals surface area contributed by atoms with Crippen molar-refractivity contribution in [3.05, 3.63) is 58.2 Å². The van der Waals surface area contributed by atoms with Gasteiger partial charge in [-0.15, -0.1) is 0 Å². The molecule has 1 aliphatic heterocycles. The Morgan fingerprint density at radius 3 is 2.34 bits per heavy atom. The summed E-state index contributed by atoms with van der Waals surface area (Å²) in [6.07, 6.45) is -0.635. The molecular formula is C21H16Cl2F2N2O2. The van der Waals surface area contributed by atoms with Crippen LogP contribution >= 0.6 is 23.2 Å². The van der Waals surface area contributed by atoms with Gasteiger partial charge in [0.15, 0.2) is 5.69 Å². The average Bonchev–Trinajstić information content (AvgIpc) is 2.68. The van der Waals surface area contributed by atoms with Crippen molar-refractivity contribution in [2.75, 3.05) is 18.0 Å². The number of nitrogens with zero attached hydrogens (tertiary/aromatic N) is 2. The van der Waals surface area contributed by atoms with E-state index in [1.165, 1.54) is 0 Å². The van der Waals surface area contributed by atoms with Gasteiger partial charge in [0.05, 0.1) is 16.2 Å². The summed E-state index contributed by atoms with van der Waals surface area (Å²) in [6, 6.07) is 11.9. The molecule has 0 spiro atoms. The van der Waals surface area contributed by atoms with Crippen molar-refractivity contribution in [1.82, 2.24) is 4.98 Å². The Balaban J connectivity index is 2.07. The second-order valence-corrected chi connectivity index (χ2v) is 7.76. The Morgan fingerprint density at radius 1 is 1.03 bits per heavy atom. The Bertz CT molecular complexity index is 1110. The number of rotatable bonds is 3. The molecule has 0 bridgehead atoms. The summed E-state index contributed by atoms with van der Waals surface area (Å²) in [5, 5.41) is 11.1. The second-order valence-electron chi connectivity index (χ2n) is 6.95. The number of piperidine rings is 1. The number of hydrogen-bond donors (Lipinski definition) is 1. The van der Waals surface area contributed by atoms with E-state index < -0.39 is 11.9 Å². The van der Waals surface area contributed by atoms with Crippen LogP contribution in [-0.4, -0.2) is 35.1 Å². The van der Waals surface area contributed by atoms with Crippen LogP contribution in [0, 0.1) is 0 Å². The van der Waals surface area contributed by atoms with Gasteiger partial charge in [-0.3, -0.25) is 0 Å². The first kappa shape index (κ1) is 19.9. The lowest BCUT2D eigenvalue weighted by molar-refractivity contribution is -0.0220. The molecule has 0 aliphatic carbocycles. The maximum Gasteiger partial charge on any atom is 0.355 e. The summed E-state index contributed by atoms with van der Waals surface area (Å²) in [5.74, 6) is -3.98. The van der Waals surface area contributed by atoms with Gasteiger partial charge in [-0.1, -0.05) is 53.5 Å². The van der Waals surface area contributed by atoms with Crippen LogP contribution in [0.3, 0.4) is 0 Å². The lowest BCUT2D eigenvalue weighted by atomic mass is 9.95. The number of fused-ring (bicyclic) bond motifs is 1. The molecule has 0 atom stereocenters. The summed E-state index contributed by atoms with van der Waals surface area (Å²) in [4.78, 5) is 18.2. The molecule has 1 fully saturated rings. The average molecular weight is 437 g/mol. The van der Waals surface area contributed by atoms with E-state index in [0.29, 0.717) is 37.8 Å². The van der Waals surface area contributed by atoms with Crippen molar-refractivity contribution in [1.29, 1.82) is 0 Å². The molecule has 29 heavy (non-hydrogen) atoms. The minimum absolute atomic E-state index is 0.0785. The maximum absolute atomic E-state index is 13.8. The number of anilines is 1. The molecule has 2 heterocycles. The number of carboxylic acids is 1. The summed E-state index contributed by atoms with van der Waals surface area (Å²) < 4.78 is 27.6. The van der Waals surface area contributed by atoms with Crippen LogP contribution in [0.4, 0.5) is 14.5 Å². The Labute approximate surface area is 175 Å². The van der Waals surface area contributed by atoms with Gasteiger partial charge in [0.2, 0.25) is 0 Å². The van der Waals surface area contributed by atoms with E-state index in [-0.39, 0.29) is 31.6 Å². The summed E-state index contributed by atoms with van der Waals surface area (Å²) in [7, 11) is 0. The number of alkyl halides is 2. The van der Waals surface area contributed by atoms with Crippen molar-refractivity contribution in [3.63, 3.8) is 0 Å². The topological polar surface area (TPSA) is 53.4 Å². The van der Waals surface area contributed by atoms with Gasteiger partial charge in [0.1, 0.15) is 0 Å². The number of halogens is 4. The molecule has 0 saturated carbocycles. The number of carbonyl (C=O) groups is 1. The van der Waals surface area contributed by atoms with E-state index in [4.69, 9.17) is 23.2 Å².